The average molecular weight is 391 g/mol. The Hall–Kier alpha value is -2.78. The Morgan fingerprint density at radius 3 is 3.00 bits per heavy atom. The van der Waals surface area contributed by atoms with Gasteiger partial charge in [0.15, 0.2) is 6.23 Å². The summed E-state index contributed by atoms with van der Waals surface area (Å²) < 4.78 is 9.20. The molecule has 0 radical (unpaired) electrons. The second-order valence-electron chi connectivity index (χ2n) is 6.29. The van der Waals surface area contributed by atoms with Crippen molar-refractivity contribution in [1.82, 2.24) is 19.3 Å². The molecule has 1 aliphatic rings. The molecule has 9 nitrogen and oxygen atoms in total. The third-order valence-corrected chi connectivity index (χ3v) is 5.05. The largest absolute Gasteiger partial charge is 0.489 e. The number of aliphatic hydroxyl groups excluding tert-OH is 1. The molecule has 0 spiro atoms. The van der Waals surface area contributed by atoms with E-state index in [1.54, 1.807) is 23.7 Å². The minimum absolute atomic E-state index is 0.318. The first-order valence-electron chi connectivity index (χ1n) is 8.55. The number of halogens is 1. The predicted octanol–water partition coefficient (Wildman–Crippen LogP) is 1.81. The minimum atomic E-state index is -1.10. The molecule has 10 heteroatoms. The van der Waals surface area contributed by atoms with Gasteiger partial charge in [-0.05, 0) is 26.0 Å². The Morgan fingerprint density at radius 2 is 2.30 bits per heavy atom. The summed E-state index contributed by atoms with van der Waals surface area (Å²) in [4.78, 5) is 16.1. The van der Waals surface area contributed by atoms with Crippen molar-refractivity contribution in [2.75, 3.05) is 11.9 Å². The van der Waals surface area contributed by atoms with Gasteiger partial charge in [0.05, 0.1) is 22.8 Å². The number of primary amides is 1. The van der Waals surface area contributed by atoms with Crippen LogP contribution in [0, 0.1) is 6.92 Å². The molecule has 142 valence electrons. The van der Waals surface area contributed by atoms with Crippen LogP contribution in [0.3, 0.4) is 0 Å². The normalized spacial score (nSPS) is 14.2. The molecule has 0 saturated carbocycles. The molecule has 1 aliphatic heterocycles. The van der Waals surface area contributed by atoms with Crippen molar-refractivity contribution in [3.63, 3.8) is 0 Å². The van der Waals surface area contributed by atoms with E-state index in [1.807, 2.05) is 11.5 Å². The second kappa shape index (κ2) is 6.43. The molecule has 1 aromatic carbocycles. The van der Waals surface area contributed by atoms with E-state index < -0.39 is 12.1 Å². The van der Waals surface area contributed by atoms with E-state index in [-0.39, 0.29) is 0 Å². The van der Waals surface area contributed by atoms with Crippen LogP contribution < -0.4 is 15.8 Å². The number of ether oxygens (including phenoxy) is 1. The summed E-state index contributed by atoms with van der Waals surface area (Å²) in [7, 11) is 0. The second-order valence-corrected chi connectivity index (χ2v) is 6.67. The van der Waals surface area contributed by atoms with Crippen LogP contribution in [0.5, 0.6) is 5.75 Å². The maximum Gasteiger partial charge on any atom is 0.248 e. The van der Waals surface area contributed by atoms with Crippen LogP contribution in [0.4, 0.5) is 5.95 Å². The highest BCUT2D eigenvalue weighted by molar-refractivity contribution is 6.31. The fourth-order valence-corrected chi connectivity index (χ4v) is 3.57. The third kappa shape index (κ3) is 2.79. The maximum atomic E-state index is 11.5. The number of nitrogens with one attached hydrogen (secondary N) is 1. The van der Waals surface area contributed by atoms with E-state index >= 15 is 0 Å². The zero-order valence-corrected chi connectivity index (χ0v) is 15.6. The van der Waals surface area contributed by atoms with E-state index in [0.717, 1.165) is 5.52 Å². The first-order chi connectivity index (χ1) is 12.9. The minimum Gasteiger partial charge on any atom is -0.489 e. The molecular formula is C17H19ClN6O3. The Morgan fingerprint density at radius 1 is 1.52 bits per heavy atom. The number of benzene rings is 1. The van der Waals surface area contributed by atoms with Gasteiger partial charge in [0, 0.05) is 12.1 Å². The number of aliphatic hydroxyl groups is 1. The van der Waals surface area contributed by atoms with Gasteiger partial charge in [-0.3, -0.25) is 9.48 Å². The number of anilines is 1. The van der Waals surface area contributed by atoms with Crippen LogP contribution >= 0.6 is 11.6 Å². The van der Waals surface area contributed by atoms with Crippen molar-refractivity contribution in [2.45, 2.75) is 33.2 Å². The molecule has 3 heterocycles. The first-order valence-corrected chi connectivity index (χ1v) is 8.92. The van der Waals surface area contributed by atoms with Gasteiger partial charge < -0.3 is 25.5 Å². The summed E-state index contributed by atoms with van der Waals surface area (Å²) >= 11 is 6.32. The zero-order chi connectivity index (χ0) is 19.3. The summed E-state index contributed by atoms with van der Waals surface area (Å²) in [6.45, 7) is 5.24. The Kier molecular flexibility index (Phi) is 4.20. The quantitative estimate of drug-likeness (QED) is 0.571. The van der Waals surface area contributed by atoms with Gasteiger partial charge in [-0.15, -0.1) is 0 Å². The molecule has 3 aromatic rings. The summed E-state index contributed by atoms with van der Waals surface area (Å²) in [6.07, 6.45) is -1.10. The monoisotopic (exact) mass is 390 g/mol. The van der Waals surface area contributed by atoms with Gasteiger partial charge in [0.2, 0.25) is 11.9 Å². The molecule has 0 bridgehead atoms. The van der Waals surface area contributed by atoms with Gasteiger partial charge in [-0.25, -0.2) is 4.98 Å². The first kappa shape index (κ1) is 17.6. The lowest BCUT2D eigenvalue weighted by molar-refractivity contribution is 0.1000. The number of amides is 1. The molecule has 4 N–H and O–H groups in total. The number of aromatic nitrogens is 4. The van der Waals surface area contributed by atoms with E-state index in [9.17, 15) is 9.90 Å². The maximum absolute atomic E-state index is 11.5. The van der Waals surface area contributed by atoms with E-state index in [2.05, 4.69) is 15.4 Å². The highest BCUT2D eigenvalue weighted by Gasteiger charge is 2.25. The number of rotatable bonds is 5. The molecule has 1 amide bonds. The van der Waals surface area contributed by atoms with E-state index in [4.69, 9.17) is 22.1 Å². The van der Waals surface area contributed by atoms with Gasteiger partial charge in [-0.2, -0.15) is 5.10 Å². The summed E-state index contributed by atoms with van der Waals surface area (Å²) in [5.41, 5.74) is 8.13. The molecule has 1 atom stereocenters. The van der Waals surface area contributed by atoms with Crippen LogP contribution in [-0.4, -0.2) is 37.0 Å². The van der Waals surface area contributed by atoms with Gasteiger partial charge in [0.25, 0.3) is 0 Å². The molecule has 0 saturated heterocycles. The van der Waals surface area contributed by atoms with Gasteiger partial charge in [0.1, 0.15) is 23.6 Å². The van der Waals surface area contributed by atoms with Crippen molar-refractivity contribution in [2.24, 2.45) is 5.73 Å². The van der Waals surface area contributed by atoms with Gasteiger partial charge in [-0.1, -0.05) is 11.6 Å². The lowest BCUT2D eigenvalue weighted by atomic mass is 10.1. The van der Waals surface area contributed by atoms with Crippen molar-refractivity contribution in [1.29, 1.82) is 0 Å². The molecular weight excluding hydrogens is 372 g/mol. The summed E-state index contributed by atoms with van der Waals surface area (Å²) in [5, 5.41) is 18.5. The van der Waals surface area contributed by atoms with Crippen LogP contribution in [0.1, 0.15) is 34.9 Å². The van der Waals surface area contributed by atoms with Gasteiger partial charge >= 0.3 is 0 Å². The smallest absolute Gasteiger partial charge is 0.248 e. The molecule has 0 fully saturated rings. The van der Waals surface area contributed by atoms with Crippen molar-refractivity contribution < 1.29 is 14.6 Å². The standard InChI is InChI=1S/C17H19ClN6O3/c1-3-24-14(12(18)8(2)22-24)16(26)21-17-20-10-6-9(15(19)25)7-11-13(10)23(17)4-5-27-11/h6-7,16,26H,3-5H2,1-2H3,(H2,19,25)(H,20,21). The number of aryl methyl sites for hydroxylation is 2. The highest BCUT2D eigenvalue weighted by atomic mass is 35.5. The van der Waals surface area contributed by atoms with Crippen LogP contribution in [0.25, 0.3) is 11.0 Å². The summed E-state index contributed by atoms with van der Waals surface area (Å²) in [6, 6.07) is 3.21. The summed E-state index contributed by atoms with van der Waals surface area (Å²) in [5.74, 6) is 0.428. The molecule has 27 heavy (non-hydrogen) atoms. The Bertz CT molecular complexity index is 1060. The molecule has 4 rings (SSSR count). The van der Waals surface area contributed by atoms with Crippen LogP contribution in [-0.2, 0) is 13.1 Å². The lowest BCUT2D eigenvalue weighted by Gasteiger charge is -2.20. The van der Waals surface area contributed by atoms with Crippen molar-refractivity contribution >= 4 is 34.5 Å². The SMILES string of the molecule is CCn1nc(C)c(Cl)c1C(O)Nc1nc2cc(C(N)=O)cc3c2n1CCO3. The Labute approximate surface area is 159 Å². The highest BCUT2D eigenvalue weighted by Crippen LogP contribution is 2.34. The van der Waals surface area contributed by atoms with Crippen molar-refractivity contribution in [3.05, 3.63) is 34.1 Å². The van der Waals surface area contributed by atoms with E-state index in [0.29, 0.717) is 58.9 Å². The lowest BCUT2D eigenvalue weighted by Crippen LogP contribution is -2.21. The fraction of sp³-hybridized carbons (Fsp3) is 0.353. The molecule has 1 unspecified atom stereocenters. The Balaban J connectivity index is 1.77. The van der Waals surface area contributed by atoms with Crippen molar-refractivity contribution in [3.8, 4) is 5.75 Å². The van der Waals surface area contributed by atoms with Crippen LogP contribution in [0.15, 0.2) is 12.1 Å². The number of nitrogens with two attached hydrogens (primary N) is 1. The average Bonchev–Trinajstić information content (AvgIpc) is 3.13. The van der Waals surface area contributed by atoms with Crippen LogP contribution in [0.2, 0.25) is 5.02 Å². The number of hydrogen-bond donors (Lipinski definition) is 3. The number of nitrogens with zero attached hydrogens (tertiary/aromatic N) is 4. The molecule has 2 aromatic heterocycles. The third-order valence-electron chi connectivity index (χ3n) is 4.58. The van der Waals surface area contributed by atoms with E-state index in [1.165, 1.54) is 0 Å². The number of carbonyl (C=O) groups is 1. The zero-order valence-electron chi connectivity index (χ0n) is 14.9. The number of hydrogen-bond acceptors (Lipinski definition) is 6. The number of imidazole rings is 1. The molecule has 0 aliphatic carbocycles. The predicted molar refractivity (Wildman–Crippen MR) is 100.0 cm³/mol. The number of carbonyl (C=O) groups excluding carboxylic acids is 1. The fourth-order valence-electron chi connectivity index (χ4n) is 3.33. The topological polar surface area (TPSA) is 120 Å².